The predicted molar refractivity (Wildman–Crippen MR) is 64.7 cm³/mol. The third-order valence-electron chi connectivity index (χ3n) is 2.88. The second-order valence-electron chi connectivity index (χ2n) is 3.79. The van der Waals surface area contributed by atoms with Crippen LogP contribution in [0.2, 0.25) is 0 Å². The number of aromatic nitrogens is 2. The highest BCUT2D eigenvalue weighted by atomic mass is 15.0. The van der Waals surface area contributed by atoms with Gasteiger partial charge in [-0.25, -0.2) is 0 Å². The van der Waals surface area contributed by atoms with Crippen LogP contribution in [-0.2, 0) is 0 Å². The van der Waals surface area contributed by atoms with Gasteiger partial charge in [0.2, 0.25) is 0 Å². The molecule has 0 aromatic carbocycles. The van der Waals surface area contributed by atoms with Gasteiger partial charge in [-0.2, -0.15) is 0 Å². The van der Waals surface area contributed by atoms with E-state index in [0.717, 1.165) is 22.5 Å². The highest BCUT2D eigenvalue weighted by Gasteiger charge is 2.35. The van der Waals surface area contributed by atoms with Crippen LogP contribution in [0, 0.1) is 0 Å². The molecule has 78 valence electrons. The van der Waals surface area contributed by atoms with Crippen molar-refractivity contribution >= 4 is 23.6 Å². The van der Waals surface area contributed by atoms with Crippen LogP contribution in [0.15, 0.2) is 35.5 Å². The van der Waals surface area contributed by atoms with E-state index in [1.165, 1.54) is 0 Å². The SMILES string of the molecule is C=C1c2nccnc2C(=C)C2N=CC=NC12. The number of nitrogens with zero attached hydrogens (tertiary/aromatic N) is 4. The quantitative estimate of drug-likeness (QED) is 0.650. The molecule has 0 spiro atoms. The summed E-state index contributed by atoms with van der Waals surface area (Å²) in [6.07, 6.45) is 6.71. The van der Waals surface area contributed by atoms with Gasteiger partial charge in [0.15, 0.2) is 0 Å². The standard InChI is InChI=1S/C12H10N4/c1-7-9-11(15-5-3-13-9)8(2)12-10(7)14-4-6-16-12/h3-6,9,11H,1-2H2. The monoisotopic (exact) mass is 210 g/mol. The molecular formula is C12H10N4. The highest BCUT2D eigenvalue weighted by Crippen LogP contribution is 2.37. The summed E-state index contributed by atoms with van der Waals surface area (Å²) in [4.78, 5) is 17.3. The molecule has 3 rings (SSSR count). The van der Waals surface area contributed by atoms with E-state index in [2.05, 4.69) is 33.1 Å². The normalized spacial score (nSPS) is 26.5. The van der Waals surface area contributed by atoms with Gasteiger partial charge in [0, 0.05) is 24.8 Å². The lowest BCUT2D eigenvalue weighted by Crippen LogP contribution is -2.33. The first kappa shape index (κ1) is 9.15. The first-order chi connectivity index (χ1) is 7.79. The topological polar surface area (TPSA) is 50.5 Å². The predicted octanol–water partition coefficient (Wildman–Crippen LogP) is 1.41. The summed E-state index contributed by atoms with van der Waals surface area (Å²) < 4.78 is 0. The molecule has 1 aliphatic carbocycles. The fourth-order valence-electron chi connectivity index (χ4n) is 2.07. The van der Waals surface area contributed by atoms with Crippen molar-refractivity contribution in [3.63, 3.8) is 0 Å². The zero-order chi connectivity index (χ0) is 11.1. The van der Waals surface area contributed by atoms with E-state index in [4.69, 9.17) is 0 Å². The van der Waals surface area contributed by atoms with Crippen molar-refractivity contribution in [1.82, 2.24) is 9.97 Å². The Bertz CT molecular complexity index is 493. The Kier molecular flexibility index (Phi) is 1.83. The lowest BCUT2D eigenvalue weighted by atomic mass is 9.84. The van der Waals surface area contributed by atoms with Crippen LogP contribution in [0.3, 0.4) is 0 Å². The number of rotatable bonds is 0. The van der Waals surface area contributed by atoms with Crippen molar-refractivity contribution in [1.29, 1.82) is 0 Å². The summed E-state index contributed by atoms with van der Waals surface area (Å²) in [5.41, 5.74) is 3.33. The maximum absolute atomic E-state index is 4.38. The molecule has 2 atom stereocenters. The Morgan fingerprint density at radius 3 is 1.69 bits per heavy atom. The lowest BCUT2D eigenvalue weighted by molar-refractivity contribution is 0.718. The van der Waals surface area contributed by atoms with Crippen LogP contribution in [-0.4, -0.2) is 34.5 Å². The first-order valence-corrected chi connectivity index (χ1v) is 5.03. The second-order valence-corrected chi connectivity index (χ2v) is 3.79. The summed E-state index contributed by atoms with van der Waals surface area (Å²) in [7, 11) is 0. The molecule has 0 N–H and O–H groups in total. The van der Waals surface area contributed by atoms with Crippen LogP contribution in [0.1, 0.15) is 11.4 Å². The van der Waals surface area contributed by atoms with E-state index in [1.54, 1.807) is 24.8 Å². The molecule has 4 heteroatoms. The molecule has 0 saturated heterocycles. The van der Waals surface area contributed by atoms with E-state index < -0.39 is 0 Å². The van der Waals surface area contributed by atoms with E-state index >= 15 is 0 Å². The third-order valence-corrected chi connectivity index (χ3v) is 2.88. The molecule has 2 unspecified atom stereocenters. The Labute approximate surface area is 93.2 Å². The minimum Gasteiger partial charge on any atom is -0.281 e. The van der Waals surface area contributed by atoms with Gasteiger partial charge in [0.25, 0.3) is 0 Å². The molecule has 0 saturated carbocycles. The van der Waals surface area contributed by atoms with Gasteiger partial charge in [-0.3, -0.25) is 20.0 Å². The second kappa shape index (κ2) is 3.20. The summed E-state index contributed by atoms with van der Waals surface area (Å²) >= 11 is 0. The molecule has 1 aromatic rings. The molecule has 16 heavy (non-hydrogen) atoms. The Morgan fingerprint density at radius 2 is 1.25 bits per heavy atom. The fourth-order valence-corrected chi connectivity index (χ4v) is 2.07. The molecule has 2 aliphatic rings. The molecule has 4 nitrogen and oxygen atoms in total. The molecule has 1 aromatic heterocycles. The highest BCUT2D eigenvalue weighted by molar-refractivity contribution is 6.17. The summed E-state index contributed by atoms with van der Waals surface area (Å²) in [5, 5.41) is 0. The maximum atomic E-state index is 4.38. The van der Waals surface area contributed by atoms with Gasteiger partial charge in [-0.1, -0.05) is 13.2 Å². The minimum absolute atomic E-state index is 0.0679. The average molecular weight is 210 g/mol. The zero-order valence-electron chi connectivity index (χ0n) is 8.67. The van der Waals surface area contributed by atoms with E-state index in [1.807, 2.05) is 0 Å². The Morgan fingerprint density at radius 1 is 0.812 bits per heavy atom. The van der Waals surface area contributed by atoms with Crippen LogP contribution in [0.4, 0.5) is 0 Å². The number of hydrogen-bond donors (Lipinski definition) is 0. The average Bonchev–Trinajstić information content (AvgIpc) is 2.36. The summed E-state index contributed by atoms with van der Waals surface area (Å²) in [5.74, 6) is 0. The molecule has 0 fully saturated rings. The van der Waals surface area contributed by atoms with Gasteiger partial charge in [-0.05, 0) is 11.1 Å². The van der Waals surface area contributed by atoms with Crippen molar-refractivity contribution in [2.24, 2.45) is 9.98 Å². The molecule has 0 bridgehead atoms. The van der Waals surface area contributed by atoms with Crippen molar-refractivity contribution in [2.75, 3.05) is 0 Å². The van der Waals surface area contributed by atoms with Crippen LogP contribution < -0.4 is 0 Å². The number of aliphatic imine (C=N–C) groups is 2. The van der Waals surface area contributed by atoms with Crippen molar-refractivity contribution < 1.29 is 0 Å². The van der Waals surface area contributed by atoms with Gasteiger partial charge in [0.05, 0.1) is 11.4 Å². The first-order valence-electron chi connectivity index (χ1n) is 5.03. The van der Waals surface area contributed by atoms with Gasteiger partial charge < -0.3 is 0 Å². The molecular weight excluding hydrogens is 200 g/mol. The van der Waals surface area contributed by atoms with Crippen molar-refractivity contribution in [2.45, 2.75) is 12.1 Å². The van der Waals surface area contributed by atoms with E-state index in [9.17, 15) is 0 Å². The van der Waals surface area contributed by atoms with E-state index in [0.29, 0.717) is 0 Å². The molecule has 0 amide bonds. The zero-order valence-corrected chi connectivity index (χ0v) is 8.67. The fraction of sp³-hybridized carbons (Fsp3) is 0.167. The molecule has 2 heterocycles. The van der Waals surface area contributed by atoms with Crippen LogP contribution >= 0.6 is 0 Å². The van der Waals surface area contributed by atoms with Crippen LogP contribution in [0.5, 0.6) is 0 Å². The number of hydrogen-bond acceptors (Lipinski definition) is 4. The lowest BCUT2D eigenvalue weighted by Gasteiger charge is -2.31. The maximum Gasteiger partial charge on any atom is 0.103 e. The van der Waals surface area contributed by atoms with E-state index in [-0.39, 0.29) is 12.1 Å². The summed E-state index contributed by atoms with van der Waals surface area (Å²) in [6, 6.07) is -0.136. The van der Waals surface area contributed by atoms with Crippen molar-refractivity contribution in [3.05, 3.63) is 36.9 Å². The Hall–Kier alpha value is -2.10. The minimum atomic E-state index is -0.0679. The third kappa shape index (κ3) is 1.10. The van der Waals surface area contributed by atoms with Gasteiger partial charge in [-0.15, -0.1) is 0 Å². The van der Waals surface area contributed by atoms with Crippen molar-refractivity contribution in [3.8, 4) is 0 Å². The number of fused-ring (bicyclic) bond motifs is 2. The molecule has 0 radical (unpaired) electrons. The van der Waals surface area contributed by atoms with Gasteiger partial charge in [0.1, 0.15) is 12.1 Å². The largest absolute Gasteiger partial charge is 0.281 e. The van der Waals surface area contributed by atoms with Crippen LogP contribution in [0.25, 0.3) is 11.1 Å². The summed E-state index contributed by atoms with van der Waals surface area (Å²) in [6.45, 7) is 8.09. The van der Waals surface area contributed by atoms with Gasteiger partial charge >= 0.3 is 0 Å². The smallest absolute Gasteiger partial charge is 0.103 e. The molecule has 1 aliphatic heterocycles. The Balaban J connectivity index is 2.21.